The lowest BCUT2D eigenvalue weighted by Gasteiger charge is -2.40. The second-order valence-electron chi connectivity index (χ2n) is 6.79. The Hall–Kier alpha value is -1.27. The molecule has 1 atom stereocenters. The lowest BCUT2D eigenvalue weighted by molar-refractivity contribution is -0.151. The van der Waals surface area contributed by atoms with E-state index in [0.29, 0.717) is 25.2 Å². The van der Waals surface area contributed by atoms with E-state index in [-0.39, 0.29) is 16.7 Å². The van der Waals surface area contributed by atoms with Crippen molar-refractivity contribution in [2.45, 2.75) is 51.8 Å². The van der Waals surface area contributed by atoms with E-state index in [1.165, 1.54) is 6.42 Å². The van der Waals surface area contributed by atoms with Crippen molar-refractivity contribution in [1.82, 2.24) is 9.96 Å². The molecule has 0 aromatic rings. The Labute approximate surface area is 150 Å². The molecule has 0 bridgehead atoms. The number of aldehydes is 1. The number of carbonyl (C=O) groups is 1. The SMILES string of the molecule is CCCCCC(C)(C)C(Cl)C(=NC)N1CCN(C)O/C1=C(\O)C=O. The maximum atomic E-state index is 11.0. The fourth-order valence-electron chi connectivity index (χ4n) is 2.72. The third-order valence-electron chi connectivity index (χ3n) is 4.30. The minimum Gasteiger partial charge on any atom is -0.501 e. The lowest BCUT2D eigenvalue weighted by atomic mass is 9.82. The van der Waals surface area contributed by atoms with Gasteiger partial charge >= 0.3 is 0 Å². The van der Waals surface area contributed by atoms with Gasteiger partial charge in [-0.25, -0.2) is 0 Å². The maximum absolute atomic E-state index is 11.0. The predicted octanol–water partition coefficient (Wildman–Crippen LogP) is 3.33. The van der Waals surface area contributed by atoms with Crippen LogP contribution in [0, 0.1) is 5.41 Å². The van der Waals surface area contributed by atoms with E-state index in [9.17, 15) is 9.90 Å². The first-order chi connectivity index (χ1) is 11.3. The summed E-state index contributed by atoms with van der Waals surface area (Å²) < 4.78 is 0. The first kappa shape index (κ1) is 20.8. The second kappa shape index (κ2) is 9.28. The van der Waals surface area contributed by atoms with E-state index in [2.05, 4.69) is 25.8 Å². The maximum Gasteiger partial charge on any atom is 0.265 e. The van der Waals surface area contributed by atoms with E-state index in [1.54, 1.807) is 24.1 Å². The monoisotopic (exact) mass is 359 g/mol. The molecule has 1 rings (SSSR count). The molecule has 1 fully saturated rings. The summed E-state index contributed by atoms with van der Waals surface area (Å²) in [7, 11) is 3.41. The van der Waals surface area contributed by atoms with Gasteiger partial charge in [-0.2, -0.15) is 0 Å². The van der Waals surface area contributed by atoms with Gasteiger partial charge in [0.25, 0.3) is 5.88 Å². The first-order valence-electron chi connectivity index (χ1n) is 8.44. The molecule has 24 heavy (non-hydrogen) atoms. The fourth-order valence-corrected chi connectivity index (χ4v) is 3.04. The fraction of sp³-hybridized carbons (Fsp3) is 0.765. The van der Waals surface area contributed by atoms with E-state index in [1.807, 2.05) is 0 Å². The van der Waals surface area contributed by atoms with Gasteiger partial charge in [-0.3, -0.25) is 14.7 Å². The number of halogens is 1. The Bertz CT molecular complexity index is 491. The molecule has 0 spiro atoms. The number of likely N-dealkylation sites (N-methyl/N-ethyl adjacent to an activating group) is 1. The standard InChI is InChI=1S/C17H30ClN3O3/c1-6-7-8-9-17(2,3)14(18)15(19-4)21-11-10-20(5)24-16(21)13(23)12-22/h12,14,23H,6-11H2,1-5H3/b16-13-,19-15?. The summed E-state index contributed by atoms with van der Waals surface area (Å²) >= 11 is 6.77. The number of carbonyl (C=O) groups excluding carboxylic acids is 1. The van der Waals surface area contributed by atoms with Crippen molar-refractivity contribution >= 4 is 23.7 Å². The van der Waals surface area contributed by atoms with Crippen LogP contribution in [0.3, 0.4) is 0 Å². The molecule has 1 aliphatic heterocycles. The third kappa shape index (κ3) is 5.11. The molecular formula is C17H30ClN3O3. The molecule has 0 radical (unpaired) electrons. The van der Waals surface area contributed by atoms with Crippen molar-refractivity contribution in [3.05, 3.63) is 11.6 Å². The average molecular weight is 360 g/mol. The summed E-state index contributed by atoms with van der Waals surface area (Å²) in [5.41, 5.74) is -0.170. The van der Waals surface area contributed by atoms with Crippen LogP contribution >= 0.6 is 11.6 Å². The van der Waals surface area contributed by atoms with E-state index >= 15 is 0 Å². The number of hydroxylamine groups is 2. The zero-order valence-electron chi connectivity index (χ0n) is 15.4. The minimum absolute atomic E-state index is 0.0781. The third-order valence-corrected chi connectivity index (χ3v) is 5.09. The van der Waals surface area contributed by atoms with Crippen LogP contribution in [-0.4, -0.2) is 59.8 Å². The number of hydrogen-bond acceptors (Lipinski definition) is 5. The molecule has 1 unspecified atom stereocenters. The Morgan fingerprint density at radius 3 is 2.67 bits per heavy atom. The van der Waals surface area contributed by atoms with Crippen LogP contribution in [-0.2, 0) is 9.63 Å². The van der Waals surface area contributed by atoms with Crippen LogP contribution < -0.4 is 0 Å². The average Bonchev–Trinajstić information content (AvgIpc) is 2.55. The van der Waals surface area contributed by atoms with Gasteiger partial charge in [0.1, 0.15) is 5.84 Å². The van der Waals surface area contributed by atoms with E-state index in [0.717, 1.165) is 19.3 Å². The summed E-state index contributed by atoms with van der Waals surface area (Å²) in [5.74, 6) is 0.222. The number of unbranched alkanes of at least 4 members (excludes halogenated alkanes) is 2. The van der Waals surface area contributed by atoms with E-state index < -0.39 is 5.76 Å². The van der Waals surface area contributed by atoms with Crippen LogP contribution in [0.5, 0.6) is 0 Å². The number of amidine groups is 1. The zero-order chi connectivity index (χ0) is 18.3. The highest BCUT2D eigenvalue weighted by Gasteiger charge is 2.37. The van der Waals surface area contributed by atoms with Gasteiger partial charge in [0.05, 0.1) is 11.9 Å². The van der Waals surface area contributed by atoms with Gasteiger partial charge in [-0.05, 0) is 11.8 Å². The molecule has 7 heteroatoms. The molecule has 1 saturated heterocycles. The van der Waals surface area contributed by atoms with Crippen LogP contribution in [0.1, 0.15) is 46.5 Å². The quantitative estimate of drug-likeness (QED) is 0.144. The van der Waals surface area contributed by atoms with Gasteiger partial charge in [0, 0.05) is 20.6 Å². The number of alkyl halides is 1. The molecule has 6 nitrogen and oxygen atoms in total. The van der Waals surface area contributed by atoms with Gasteiger partial charge in [-0.15, -0.1) is 16.7 Å². The Morgan fingerprint density at radius 1 is 1.46 bits per heavy atom. The number of aliphatic imine (C=N–C) groups is 1. The highest BCUT2D eigenvalue weighted by Crippen LogP contribution is 2.35. The molecule has 138 valence electrons. The summed E-state index contributed by atoms with van der Waals surface area (Å²) in [6.07, 6.45) is 4.77. The molecule has 1 heterocycles. The molecule has 0 aromatic heterocycles. The molecule has 0 amide bonds. The summed E-state index contributed by atoms with van der Waals surface area (Å²) in [5, 5.41) is 11.1. The van der Waals surface area contributed by atoms with Crippen molar-refractivity contribution in [3.63, 3.8) is 0 Å². The molecular weight excluding hydrogens is 330 g/mol. The van der Waals surface area contributed by atoms with Gasteiger partial charge in [-0.1, -0.05) is 40.0 Å². The van der Waals surface area contributed by atoms with Gasteiger partial charge in [0.2, 0.25) is 5.76 Å². The van der Waals surface area contributed by atoms with Gasteiger partial charge < -0.3 is 9.94 Å². The normalized spacial score (nSPS) is 20.6. The smallest absolute Gasteiger partial charge is 0.265 e. The molecule has 0 saturated carbocycles. The second-order valence-corrected chi connectivity index (χ2v) is 7.23. The summed E-state index contributed by atoms with van der Waals surface area (Å²) in [6, 6.07) is 0. The first-order valence-corrected chi connectivity index (χ1v) is 8.88. The lowest BCUT2D eigenvalue weighted by Crippen LogP contribution is -2.50. The Balaban J connectivity index is 3.04. The van der Waals surface area contributed by atoms with Gasteiger partial charge in [0.15, 0.2) is 6.29 Å². The highest BCUT2D eigenvalue weighted by molar-refractivity contribution is 6.32. The number of rotatable bonds is 7. The van der Waals surface area contributed by atoms with E-state index in [4.69, 9.17) is 16.4 Å². The van der Waals surface area contributed by atoms with Crippen LogP contribution in [0.4, 0.5) is 0 Å². The van der Waals surface area contributed by atoms with Crippen LogP contribution in [0.2, 0.25) is 0 Å². The number of aliphatic hydroxyl groups is 1. The largest absolute Gasteiger partial charge is 0.501 e. The number of aliphatic hydroxyl groups excluding tert-OH is 1. The molecule has 1 aliphatic rings. The Morgan fingerprint density at radius 2 is 2.12 bits per heavy atom. The predicted molar refractivity (Wildman–Crippen MR) is 97.1 cm³/mol. The number of allylic oxidation sites excluding steroid dienone is 1. The zero-order valence-corrected chi connectivity index (χ0v) is 16.1. The Kier molecular flexibility index (Phi) is 8.03. The molecule has 0 aromatic carbocycles. The van der Waals surface area contributed by atoms with Crippen LogP contribution in [0.15, 0.2) is 16.6 Å². The van der Waals surface area contributed by atoms with Crippen molar-refractivity contribution in [1.29, 1.82) is 0 Å². The summed E-state index contributed by atoms with van der Waals surface area (Å²) in [6.45, 7) is 7.54. The number of nitrogens with zero attached hydrogens (tertiary/aromatic N) is 3. The topological polar surface area (TPSA) is 65.4 Å². The minimum atomic E-state index is -0.463. The molecule has 1 N–H and O–H groups in total. The van der Waals surface area contributed by atoms with Crippen molar-refractivity contribution < 1.29 is 14.7 Å². The molecule has 0 aliphatic carbocycles. The number of hydrogen-bond donors (Lipinski definition) is 1. The summed E-state index contributed by atoms with van der Waals surface area (Å²) in [4.78, 5) is 22.6. The van der Waals surface area contributed by atoms with Crippen molar-refractivity contribution in [2.24, 2.45) is 10.4 Å². The van der Waals surface area contributed by atoms with Crippen molar-refractivity contribution in [3.8, 4) is 0 Å². The van der Waals surface area contributed by atoms with Crippen molar-refractivity contribution in [2.75, 3.05) is 27.2 Å². The highest BCUT2D eigenvalue weighted by atomic mass is 35.5. The van der Waals surface area contributed by atoms with Crippen LogP contribution in [0.25, 0.3) is 0 Å².